The Kier molecular flexibility index (Phi) is 6.81. The molecule has 1 amide bonds. The minimum absolute atomic E-state index is 0.0994. The number of rotatable bonds is 7. The van der Waals surface area contributed by atoms with E-state index >= 15 is 0 Å². The number of methoxy groups -OCH3 is 1. The molecule has 1 N–H and O–H groups in total. The summed E-state index contributed by atoms with van der Waals surface area (Å²) in [6.45, 7) is 2.58. The van der Waals surface area contributed by atoms with Gasteiger partial charge in [0.25, 0.3) is 5.91 Å². The van der Waals surface area contributed by atoms with Crippen molar-refractivity contribution >= 4 is 29.3 Å². The molecular weight excluding hydrogens is 330 g/mol. The number of nitrogens with one attached hydrogen (secondary N) is 1. The number of ether oxygens (including phenoxy) is 1. The zero-order chi connectivity index (χ0) is 16.7. The van der Waals surface area contributed by atoms with E-state index in [2.05, 4.69) is 5.32 Å². The van der Waals surface area contributed by atoms with Crippen molar-refractivity contribution in [3.63, 3.8) is 0 Å². The highest BCUT2D eigenvalue weighted by molar-refractivity contribution is 7.98. The van der Waals surface area contributed by atoms with Crippen LogP contribution in [0.4, 0.5) is 0 Å². The van der Waals surface area contributed by atoms with Crippen molar-refractivity contribution in [3.8, 4) is 5.75 Å². The van der Waals surface area contributed by atoms with Crippen molar-refractivity contribution in [3.05, 3.63) is 64.2 Å². The molecule has 0 saturated heterocycles. The van der Waals surface area contributed by atoms with Gasteiger partial charge in [0.2, 0.25) is 0 Å². The number of thioether (sulfide) groups is 1. The van der Waals surface area contributed by atoms with Gasteiger partial charge in [-0.2, -0.15) is 11.8 Å². The fourth-order valence-electron chi connectivity index (χ4n) is 2.10. The van der Waals surface area contributed by atoms with Crippen molar-refractivity contribution in [1.82, 2.24) is 5.32 Å². The lowest BCUT2D eigenvalue weighted by Crippen LogP contribution is -2.26. The molecule has 0 atom stereocenters. The average Bonchev–Trinajstić information content (AvgIpc) is 2.56. The normalized spacial score (nSPS) is 10.4. The summed E-state index contributed by atoms with van der Waals surface area (Å²) < 4.78 is 5.24. The van der Waals surface area contributed by atoms with E-state index in [0.717, 1.165) is 22.1 Å². The number of carbonyl (C=O) groups excluding carboxylic acids is 1. The van der Waals surface area contributed by atoms with Crippen molar-refractivity contribution < 1.29 is 9.53 Å². The zero-order valence-corrected chi connectivity index (χ0v) is 14.8. The van der Waals surface area contributed by atoms with Gasteiger partial charge in [-0.3, -0.25) is 4.79 Å². The Labute approximate surface area is 146 Å². The van der Waals surface area contributed by atoms with Crippen LogP contribution in [0.5, 0.6) is 5.75 Å². The third-order valence-electron chi connectivity index (χ3n) is 3.31. The fourth-order valence-corrected chi connectivity index (χ4v) is 3.05. The van der Waals surface area contributed by atoms with Crippen molar-refractivity contribution in [1.29, 1.82) is 0 Å². The number of hydrogen-bond acceptors (Lipinski definition) is 3. The molecule has 0 heterocycles. The van der Waals surface area contributed by atoms with Gasteiger partial charge in [0.05, 0.1) is 12.7 Å². The van der Waals surface area contributed by atoms with Crippen LogP contribution in [0, 0.1) is 6.92 Å². The summed E-state index contributed by atoms with van der Waals surface area (Å²) in [7, 11) is 1.57. The smallest absolute Gasteiger partial charge is 0.255 e. The number of halogens is 1. The first kappa shape index (κ1) is 17.7. The number of aryl methyl sites for hydroxylation is 1. The fraction of sp³-hybridized carbons (Fsp3) is 0.278. The van der Waals surface area contributed by atoms with E-state index in [4.69, 9.17) is 16.3 Å². The van der Waals surface area contributed by atoms with E-state index in [-0.39, 0.29) is 5.91 Å². The summed E-state index contributed by atoms with van der Waals surface area (Å²) in [5.74, 6) is 2.25. The third kappa shape index (κ3) is 5.48. The molecule has 0 spiro atoms. The Hall–Kier alpha value is -1.65. The molecule has 2 aromatic carbocycles. The molecule has 0 aliphatic heterocycles. The topological polar surface area (TPSA) is 38.3 Å². The van der Waals surface area contributed by atoms with E-state index in [1.807, 2.05) is 49.4 Å². The standard InChI is InChI=1S/C18H20ClNO2S/c1-13-3-8-17(22-2)16(11-13)18(21)20-9-10-23-12-14-4-6-15(19)7-5-14/h3-8,11H,9-10,12H2,1-2H3,(H,20,21). The Bertz CT molecular complexity index is 659. The Balaban J connectivity index is 1.77. The monoisotopic (exact) mass is 349 g/mol. The van der Waals surface area contributed by atoms with E-state index in [9.17, 15) is 4.79 Å². The highest BCUT2D eigenvalue weighted by Crippen LogP contribution is 2.19. The summed E-state index contributed by atoms with van der Waals surface area (Å²) in [6.07, 6.45) is 0. The molecule has 3 nitrogen and oxygen atoms in total. The minimum Gasteiger partial charge on any atom is -0.496 e. The van der Waals surface area contributed by atoms with Gasteiger partial charge >= 0.3 is 0 Å². The first-order chi connectivity index (χ1) is 11.1. The highest BCUT2D eigenvalue weighted by Gasteiger charge is 2.11. The molecule has 0 aliphatic carbocycles. The lowest BCUT2D eigenvalue weighted by molar-refractivity contribution is 0.0953. The predicted molar refractivity (Wildman–Crippen MR) is 97.7 cm³/mol. The Morgan fingerprint density at radius 3 is 2.65 bits per heavy atom. The quantitative estimate of drug-likeness (QED) is 0.756. The van der Waals surface area contributed by atoms with Gasteiger partial charge in [0.15, 0.2) is 0 Å². The molecule has 5 heteroatoms. The lowest BCUT2D eigenvalue weighted by Gasteiger charge is -2.10. The van der Waals surface area contributed by atoms with E-state index in [1.54, 1.807) is 18.9 Å². The molecule has 0 fully saturated rings. The van der Waals surface area contributed by atoms with Gasteiger partial charge in [-0.1, -0.05) is 35.4 Å². The first-order valence-electron chi connectivity index (χ1n) is 7.35. The van der Waals surface area contributed by atoms with E-state index < -0.39 is 0 Å². The Morgan fingerprint density at radius 2 is 1.96 bits per heavy atom. The zero-order valence-electron chi connectivity index (χ0n) is 13.3. The molecule has 0 aliphatic rings. The van der Waals surface area contributed by atoms with Crippen LogP contribution in [0.15, 0.2) is 42.5 Å². The predicted octanol–water partition coefficient (Wildman–Crippen LogP) is 4.32. The maximum Gasteiger partial charge on any atom is 0.255 e. The van der Waals surface area contributed by atoms with Crippen LogP contribution < -0.4 is 10.1 Å². The number of carbonyl (C=O) groups is 1. The van der Waals surface area contributed by atoms with Crippen molar-refractivity contribution in [2.45, 2.75) is 12.7 Å². The number of amides is 1. The van der Waals surface area contributed by atoms with Crippen LogP contribution in [0.1, 0.15) is 21.5 Å². The van der Waals surface area contributed by atoms with Gasteiger partial charge in [-0.05, 0) is 36.8 Å². The summed E-state index contributed by atoms with van der Waals surface area (Å²) in [5, 5.41) is 3.68. The van der Waals surface area contributed by atoms with Gasteiger partial charge in [0.1, 0.15) is 5.75 Å². The second-order valence-corrected chi connectivity index (χ2v) is 6.68. The molecule has 0 radical (unpaired) electrons. The molecule has 122 valence electrons. The van der Waals surface area contributed by atoms with Crippen LogP contribution in [-0.4, -0.2) is 25.3 Å². The summed E-state index contributed by atoms with van der Waals surface area (Å²) in [4.78, 5) is 12.2. The van der Waals surface area contributed by atoms with Gasteiger partial charge in [-0.25, -0.2) is 0 Å². The van der Waals surface area contributed by atoms with Crippen LogP contribution in [0.2, 0.25) is 5.02 Å². The van der Waals surface area contributed by atoms with Crippen LogP contribution in [0.3, 0.4) is 0 Å². The van der Waals surface area contributed by atoms with Gasteiger partial charge in [0, 0.05) is 23.1 Å². The molecular formula is C18H20ClNO2S. The second-order valence-electron chi connectivity index (χ2n) is 5.14. The Morgan fingerprint density at radius 1 is 1.22 bits per heavy atom. The van der Waals surface area contributed by atoms with Crippen LogP contribution in [-0.2, 0) is 5.75 Å². The van der Waals surface area contributed by atoms with E-state index in [1.165, 1.54) is 5.56 Å². The summed E-state index contributed by atoms with van der Waals surface area (Å²) in [5.41, 5.74) is 2.84. The molecule has 0 aromatic heterocycles. The first-order valence-corrected chi connectivity index (χ1v) is 8.88. The second kappa shape index (κ2) is 8.85. The molecule has 0 saturated carbocycles. The van der Waals surface area contributed by atoms with Gasteiger partial charge < -0.3 is 10.1 Å². The highest BCUT2D eigenvalue weighted by atomic mass is 35.5. The lowest BCUT2D eigenvalue weighted by atomic mass is 10.1. The maximum absolute atomic E-state index is 12.2. The largest absolute Gasteiger partial charge is 0.496 e. The number of hydrogen-bond donors (Lipinski definition) is 1. The van der Waals surface area contributed by atoms with Gasteiger partial charge in [-0.15, -0.1) is 0 Å². The average molecular weight is 350 g/mol. The summed E-state index contributed by atoms with van der Waals surface area (Å²) in [6, 6.07) is 13.4. The van der Waals surface area contributed by atoms with Crippen LogP contribution >= 0.6 is 23.4 Å². The SMILES string of the molecule is COc1ccc(C)cc1C(=O)NCCSCc1ccc(Cl)cc1. The molecule has 0 bridgehead atoms. The number of benzene rings is 2. The van der Waals surface area contributed by atoms with E-state index in [0.29, 0.717) is 17.9 Å². The molecule has 23 heavy (non-hydrogen) atoms. The van der Waals surface area contributed by atoms with Crippen LogP contribution in [0.25, 0.3) is 0 Å². The van der Waals surface area contributed by atoms with Crippen molar-refractivity contribution in [2.24, 2.45) is 0 Å². The minimum atomic E-state index is -0.0994. The molecule has 2 aromatic rings. The molecule has 0 unspecified atom stereocenters. The van der Waals surface area contributed by atoms with Crippen molar-refractivity contribution in [2.75, 3.05) is 19.4 Å². The molecule has 2 rings (SSSR count). The summed E-state index contributed by atoms with van der Waals surface area (Å²) >= 11 is 7.63. The third-order valence-corrected chi connectivity index (χ3v) is 4.60. The maximum atomic E-state index is 12.2.